The fourth-order valence-electron chi connectivity index (χ4n) is 4.40. The van der Waals surface area contributed by atoms with Gasteiger partial charge in [0.25, 0.3) is 0 Å². The third kappa shape index (κ3) is 3.03. The quantitative estimate of drug-likeness (QED) is 0.370. The maximum Gasteiger partial charge on any atom is 0.0490 e. The molecule has 2 heteroatoms. The number of hydrogen-bond acceptors (Lipinski definition) is 1. The molecule has 0 aliphatic heterocycles. The van der Waals surface area contributed by atoms with Crippen molar-refractivity contribution in [2.24, 2.45) is 0 Å². The summed E-state index contributed by atoms with van der Waals surface area (Å²) in [5, 5.41) is 4.26. The van der Waals surface area contributed by atoms with Crippen LogP contribution in [0.4, 0.5) is 11.4 Å². The molecule has 142 valence electrons. The zero-order valence-electron chi connectivity index (χ0n) is 16.5. The molecule has 5 rings (SSSR count). The molecule has 4 aromatic rings. The van der Waals surface area contributed by atoms with Crippen LogP contribution in [0.5, 0.6) is 0 Å². The Morgan fingerprint density at radius 3 is 2.17 bits per heavy atom. The average molecular weight is 396 g/mol. The van der Waals surface area contributed by atoms with E-state index in [-0.39, 0.29) is 5.41 Å². The fraction of sp³-hybridized carbons (Fsp3) is 0.111. The summed E-state index contributed by atoms with van der Waals surface area (Å²) in [5.74, 6) is 0. The number of hydrogen-bond donors (Lipinski definition) is 1. The van der Waals surface area contributed by atoms with Gasteiger partial charge in [-0.25, -0.2) is 0 Å². The van der Waals surface area contributed by atoms with Gasteiger partial charge in [-0.2, -0.15) is 0 Å². The minimum Gasteiger partial charge on any atom is -0.356 e. The lowest BCUT2D eigenvalue weighted by atomic mass is 9.81. The molecule has 4 aromatic carbocycles. The first-order chi connectivity index (χ1) is 14.0. The molecule has 29 heavy (non-hydrogen) atoms. The molecule has 0 unspecified atom stereocenters. The molecular weight excluding hydrogens is 374 g/mol. The first-order valence-corrected chi connectivity index (χ1v) is 10.3. The molecule has 0 radical (unpaired) electrons. The van der Waals surface area contributed by atoms with Gasteiger partial charge >= 0.3 is 0 Å². The van der Waals surface area contributed by atoms with Crippen LogP contribution in [0.1, 0.15) is 25.0 Å². The Morgan fingerprint density at radius 2 is 1.34 bits per heavy atom. The van der Waals surface area contributed by atoms with Crippen molar-refractivity contribution in [1.82, 2.24) is 0 Å². The van der Waals surface area contributed by atoms with Crippen LogP contribution in [0.25, 0.3) is 22.3 Å². The van der Waals surface area contributed by atoms with E-state index >= 15 is 0 Å². The van der Waals surface area contributed by atoms with Gasteiger partial charge in [-0.05, 0) is 64.2 Å². The summed E-state index contributed by atoms with van der Waals surface area (Å²) < 4.78 is 0. The van der Waals surface area contributed by atoms with E-state index in [4.69, 9.17) is 11.6 Å². The molecule has 0 saturated heterocycles. The zero-order valence-corrected chi connectivity index (χ0v) is 17.3. The SMILES string of the molecule is CC1(C)c2ccccc2-c2cc(Cl)c(-c3cccc(Nc4ccccc4)c3)cc21. The van der Waals surface area contributed by atoms with E-state index in [1.165, 1.54) is 22.3 Å². The van der Waals surface area contributed by atoms with E-state index in [0.29, 0.717) is 0 Å². The Labute approximate surface area is 177 Å². The van der Waals surface area contributed by atoms with Crippen molar-refractivity contribution in [3.8, 4) is 22.3 Å². The summed E-state index contributed by atoms with van der Waals surface area (Å²) in [6.07, 6.45) is 0. The zero-order chi connectivity index (χ0) is 20.0. The molecular formula is C27H22ClN. The topological polar surface area (TPSA) is 12.0 Å². The lowest BCUT2D eigenvalue weighted by Crippen LogP contribution is -2.14. The number of para-hydroxylation sites is 1. The molecule has 0 atom stereocenters. The molecule has 1 nitrogen and oxygen atoms in total. The summed E-state index contributed by atoms with van der Waals surface area (Å²) in [5.41, 5.74) is 9.51. The maximum atomic E-state index is 6.79. The average Bonchev–Trinajstić information content (AvgIpc) is 2.95. The Morgan fingerprint density at radius 1 is 0.621 bits per heavy atom. The first-order valence-electron chi connectivity index (χ1n) is 9.90. The predicted octanol–water partition coefficient (Wildman–Crippen LogP) is 8.06. The van der Waals surface area contributed by atoms with Gasteiger partial charge < -0.3 is 5.32 Å². The Hall–Kier alpha value is -3.03. The minimum atomic E-state index is -0.0365. The van der Waals surface area contributed by atoms with Gasteiger partial charge in [0.05, 0.1) is 0 Å². The first kappa shape index (κ1) is 18.0. The van der Waals surface area contributed by atoms with E-state index < -0.39 is 0 Å². The largest absolute Gasteiger partial charge is 0.356 e. The maximum absolute atomic E-state index is 6.79. The molecule has 1 N–H and O–H groups in total. The van der Waals surface area contributed by atoms with Gasteiger partial charge in [-0.15, -0.1) is 0 Å². The number of halogens is 1. The second-order valence-electron chi connectivity index (χ2n) is 8.12. The second-order valence-corrected chi connectivity index (χ2v) is 8.53. The molecule has 0 fully saturated rings. The van der Waals surface area contributed by atoms with E-state index in [0.717, 1.165) is 27.5 Å². The van der Waals surface area contributed by atoms with E-state index in [2.05, 4.69) is 92.0 Å². The highest BCUT2D eigenvalue weighted by molar-refractivity contribution is 6.33. The summed E-state index contributed by atoms with van der Waals surface area (Å²) in [7, 11) is 0. The fourth-order valence-corrected chi connectivity index (χ4v) is 4.67. The van der Waals surface area contributed by atoms with Crippen LogP contribution >= 0.6 is 11.6 Å². The second kappa shape index (κ2) is 6.79. The smallest absolute Gasteiger partial charge is 0.0490 e. The van der Waals surface area contributed by atoms with Crippen molar-refractivity contribution in [3.63, 3.8) is 0 Å². The van der Waals surface area contributed by atoms with Crippen LogP contribution in [0.15, 0.2) is 91.0 Å². The lowest BCUT2D eigenvalue weighted by Gasteiger charge is -2.22. The van der Waals surface area contributed by atoms with Crippen LogP contribution in [0, 0.1) is 0 Å². The van der Waals surface area contributed by atoms with Gasteiger partial charge in [0, 0.05) is 27.4 Å². The van der Waals surface area contributed by atoms with Crippen LogP contribution in [-0.2, 0) is 5.41 Å². The summed E-state index contributed by atoms with van der Waals surface area (Å²) >= 11 is 6.79. The van der Waals surface area contributed by atoms with Crippen molar-refractivity contribution in [2.75, 3.05) is 5.32 Å². The third-order valence-corrected chi connectivity index (χ3v) is 6.22. The summed E-state index contributed by atoms with van der Waals surface area (Å²) in [6.45, 7) is 4.59. The van der Waals surface area contributed by atoms with Gasteiger partial charge in [-0.1, -0.05) is 80.0 Å². The molecule has 0 bridgehead atoms. The van der Waals surface area contributed by atoms with Gasteiger partial charge in [-0.3, -0.25) is 0 Å². The van der Waals surface area contributed by atoms with E-state index in [1.54, 1.807) is 0 Å². The molecule has 1 aliphatic carbocycles. The Balaban J connectivity index is 1.59. The van der Waals surface area contributed by atoms with Gasteiger partial charge in [0.1, 0.15) is 0 Å². The number of fused-ring (bicyclic) bond motifs is 3. The van der Waals surface area contributed by atoms with Crippen LogP contribution in [-0.4, -0.2) is 0 Å². The van der Waals surface area contributed by atoms with Crippen molar-refractivity contribution in [3.05, 3.63) is 107 Å². The van der Waals surface area contributed by atoms with Crippen molar-refractivity contribution < 1.29 is 0 Å². The number of benzene rings is 4. The van der Waals surface area contributed by atoms with E-state index in [1.807, 2.05) is 18.2 Å². The van der Waals surface area contributed by atoms with E-state index in [9.17, 15) is 0 Å². The standard InChI is InChI=1S/C27H22ClN/c1-27(2)24-14-7-6-13-21(24)23-17-26(28)22(16-25(23)27)18-9-8-12-20(15-18)29-19-10-4-3-5-11-19/h3-17,29H,1-2H3. The van der Waals surface area contributed by atoms with Crippen LogP contribution < -0.4 is 5.32 Å². The highest BCUT2D eigenvalue weighted by atomic mass is 35.5. The van der Waals surface area contributed by atoms with Crippen LogP contribution in [0.2, 0.25) is 5.02 Å². The highest BCUT2D eigenvalue weighted by Crippen LogP contribution is 2.51. The van der Waals surface area contributed by atoms with Crippen molar-refractivity contribution in [1.29, 1.82) is 0 Å². The molecule has 0 saturated carbocycles. The monoisotopic (exact) mass is 395 g/mol. The van der Waals surface area contributed by atoms with Crippen molar-refractivity contribution in [2.45, 2.75) is 19.3 Å². The summed E-state index contributed by atoms with van der Waals surface area (Å²) in [6, 6.07) is 31.7. The van der Waals surface area contributed by atoms with Gasteiger partial charge in [0.2, 0.25) is 0 Å². The normalized spacial score (nSPS) is 13.6. The van der Waals surface area contributed by atoms with Crippen molar-refractivity contribution >= 4 is 23.0 Å². The molecule has 0 amide bonds. The Bertz CT molecular complexity index is 1210. The number of nitrogens with one attached hydrogen (secondary N) is 1. The minimum absolute atomic E-state index is 0.0365. The van der Waals surface area contributed by atoms with Crippen LogP contribution in [0.3, 0.4) is 0 Å². The third-order valence-electron chi connectivity index (χ3n) is 5.91. The lowest BCUT2D eigenvalue weighted by molar-refractivity contribution is 0.660. The molecule has 1 aliphatic rings. The van der Waals surface area contributed by atoms with Gasteiger partial charge in [0.15, 0.2) is 0 Å². The highest BCUT2D eigenvalue weighted by Gasteiger charge is 2.35. The Kier molecular flexibility index (Phi) is 4.22. The number of rotatable bonds is 3. The summed E-state index contributed by atoms with van der Waals surface area (Å²) in [4.78, 5) is 0. The number of anilines is 2. The molecule has 0 aromatic heterocycles. The molecule has 0 spiro atoms. The predicted molar refractivity (Wildman–Crippen MR) is 124 cm³/mol. The molecule has 0 heterocycles.